The van der Waals surface area contributed by atoms with Crippen LogP contribution in [0.1, 0.15) is 6.42 Å². The van der Waals surface area contributed by atoms with Gasteiger partial charge in [-0.3, -0.25) is 14.9 Å². The standard InChI is InChI=1S/C13H12Cl2N4O3/c14-4-1-5-17-8-9(7-16)13(20)18-12-6-10(19(21)22)2-3-11(12)15/h2-3,6,8,17H,1,4-5H2,(H,18,20)/b9-8-. The summed E-state index contributed by atoms with van der Waals surface area (Å²) >= 11 is 11.4. The summed E-state index contributed by atoms with van der Waals surface area (Å²) in [7, 11) is 0. The van der Waals surface area contributed by atoms with Gasteiger partial charge in [-0.05, 0) is 12.5 Å². The lowest BCUT2D eigenvalue weighted by Crippen LogP contribution is -2.17. The Morgan fingerprint density at radius 2 is 2.23 bits per heavy atom. The third-order valence-electron chi connectivity index (χ3n) is 2.48. The number of nitrogens with zero attached hydrogens (tertiary/aromatic N) is 2. The van der Waals surface area contributed by atoms with Crippen LogP contribution < -0.4 is 10.6 Å². The zero-order chi connectivity index (χ0) is 16.5. The normalized spacial score (nSPS) is 10.7. The van der Waals surface area contributed by atoms with Crippen LogP contribution in [0.15, 0.2) is 30.0 Å². The number of benzene rings is 1. The average molecular weight is 343 g/mol. The number of nitro groups is 1. The summed E-state index contributed by atoms with van der Waals surface area (Å²) in [5.74, 6) is -0.263. The van der Waals surface area contributed by atoms with Crippen molar-refractivity contribution >= 4 is 40.5 Å². The van der Waals surface area contributed by atoms with Crippen LogP contribution in [0.4, 0.5) is 11.4 Å². The van der Waals surface area contributed by atoms with E-state index in [-0.39, 0.29) is 22.0 Å². The molecule has 0 fully saturated rings. The Balaban J connectivity index is 2.84. The Bertz CT molecular complexity index is 641. The monoisotopic (exact) mass is 342 g/mol. The van der Waals surface area contributed by atoms with Crippen LogP contribution in [0.3, 0.4) is 0 Å². The Morgan fingerprint density at radius 3 is 2.82 bits per heavy atom. The van der Waals surface area contributed by atoms with Gasteiger partial charge in [-0.1, -0.05) is 11.6 Å². The van der Waals surface area contributed by atoms with Crippen molar-refractivity contribution < 1.29 is 9.72 Å². The van der Waals surface area contributed by atoms with Crippen LogP contribution in [0.2, 0.25) is 5.02 Å². The number of anilines is 1. The molecule has 2 N–H and O–H groups in total. The predicted molar refractivity (Wildman–Crippen MR) is 83.8 cm³/mol. The molecule has 0 radical (unpaired) electrons. The summed E-state index contributed by atoms with van der Waals surface area (Å²) in [4.78, 5) is 22.0. The van der Waals surface area contributed by atoms with Gasteiger partial charge in [0.1, 0.15) is 11.6 Å². The highest BCUT2D eigenvalue weighted by molar-refractivity contribution is 6.34. The molecule has 0 aromatic heterocycles. The zero-order valence-electron chi connectivity index (χ0n) is 11.3. The van der Waals surface area contributed by atoms with Crippen molar-refractivity contribution in [2.45, 2.75) is 6.42 Å². The van der Waals surface area contributed by atoms with Crippen LogP contribution >= 0.6 is 23.2 Å². The molecule has 0 saturated carbocycles. The highest BCUT2D eigenvalue weighted by Crippen LogP contribution is 2.26. The molecule has 0 unspecified atom stereocenters. The minimum Gasteiger partial charge on any atom is -0.390 e. The first-order chi connectivity index (χ1) is 10.5. The van der Waals surface area contributed by atoms with Crippen molar-refractivity contribution in [1.82, 2.24) is 5.32 Å². The molecule has 7 nitrogen and oxygen atoms in total. The van der Waals surface area contributed by atoms with E-state index in [2.05, 4.69) is 10.6 Å². The molecule has 1 amide bonds. The van der Waals surface area contributed by atoms with E-state index in [0.717, 1.165) is 6.07 Å². The molecule has 0 atom stereocenters. The van der Waals surface area contributed by atoms with E-state index in [1.807, 2.05) is 0 Å². The third kappa shape index (κ3) is 5.24. The second-order valence-electron chi connectivity index (χ2n) is 4.04. The molecule has 0 bridgehead atoms. The lowest BCUT2D eigenvalue weighted by molar-refractivity contribution is -0.384. The number of nitro benzene ring substituents is 1. The van der Waals surface area contributed by atoms with Gasteiger partial charge in [0.2, 0.25) is 0 Å². The molecule has 1 rings (SSSR count). The van der Waals surface area contributed by atoms with Gasteiger partial charge in [0.05, 0.1) is 15.6 Å². The molecular formula is C13H12Cl2N4O3. The number of hydrogen-bond donors (Lipinski definition) is 2. The third-order valence-corrected chi connectivity index (χ3v) is 3.07. The van der Waals surface area contributed by atoms with E-state index < -0.39 is 10.8 Å². The van der Waals surface area contributed by atoms with Gasteiger partial charge in [0.15, 0.2) is 0 Å². The van der Waals surface area contributed by atoms with Crippen LogP contribution in [0, 0.1) is 21.4 Å². The fraction of sp³-hybridized carbons (Fsp3) is 0.231. The maximum Gasteiger partial charge on any atom is 0.271 e. The van der Waals surface area contributed by atoms with E-state index in [1.54, 1.807) is 6.07 Å². The van der Waals surface area contributed by atoms with Crippen LogP contribution in [-0.4, -0.2) is 23.3 Å². The summed E-state index contributed by atoms with van der Waals surface area (Å²) in [6, 6.07) is 5.36. The molecule has 0 heterocycles. The first kappa shape index (κ1) is 17.8. The number of nitrogens with one attached hydrogen (secondary N) is 2. The first-order valence-electron chi connectivity index (χ1n) is 6.14. The summed E-state index contributed by atoms with van der Waals surface area (Å²) in [6.07, 6.45) is 1.93. The number of alkyl halides is 1. The smallest absolute Gasteiger partial charge is 0.271 e. The number of amides is 1. The van der Waals surface area contributed by atoms with Crippen LogP contribution in [0.5, 0.6) is 0 Å². The van der Waals surface area contributed by atoms with Gasteiger partial charge in [-0.15, -0.1) is 11.6 Å². The van der Waals surface area contributed by atoms with Crippen molar-refractivity contribution in [3.05, 3.63) is 45.1 Å². The summed E-state index contributed by atoms with van der Waals surface area (Å²) in [5, 5.41) is 24.9. The van der Waals surface area contributed by atoms with Crippen molar-refractivity contribution in [2.24, 2.45) is 0 Å². The number of carbonyl (C=O) groups is 1. The number of non-ortho nitro benzene ring substituents is 1. The molecule has 0 aliphatic carbocycles. The van der Waals surface area contributed by atoms with E-state index in [9.17, 15) is 14.9 Å². The lowest BCUT2D eigenvalue weighted by Gasteiger charge is -2.06. The van der Waals surface area contributed by atoms with Gasteiger partial charge in [-0.2, -0.15) is 5.26 Å². The second kappa shape index (κ2) is 8.87. The van der Waals surface area contributed by atoms with Gasteiger partial charge in [0, 0.05) is 30.8 Å². The second-order valence-corrected chi connectivity index (χ2v) is 4.83. The molecule has 22 heavy (non-hydrogen) atoms. The molecular weight excluding hydrogens is 331 g/mol. The largest absolute Gasteiger partial charge is 0.390 e. The Labute approximate surface area is 136 Å². The molecule has 0 saturated heterocycles. The van der Waals surface area contributed by atoms with E-state index >= 15 is 0 Å². The SMILES string of the molecule is N#C/C(=C/NCCCCl)C(=O)Nc1cc([N+](=O)[O-])ccc1Cl. The molecule has 116 valence electrons. The molecule has 9 heteroatoms. The van der Waals surface area contributed by atoms with Gasteiger partial charge in [0.25, 0.3) is 11.6 Å². The number of hydrogen-bond acceptors (Lipinski definition) is 5. The first-order valence-corrected chi connectivity index (χ1v) is 7.05. The average Bonchev–Trinajstić information content (AvgIpc) is 2.49. The number of nitriles is 1. The molecule has 0 aliphatic heterocycles. The minimum atomic E-state index is -0.719. The number of carbonyl (C=O) groups excluding carboxylic acids is 1. The highest BCUT2D eigenvalue weighted by atomic mass is 35.5. The summed E-state index contributed by atoms with van der Waals surface area (Å²) in [5.41, 5.74) is -0.345. The number of halogens is 2. The van der Waals surface area contributed by atoms with Gasteiger partial charge < -0.3 is 10.6 Å². The zero-order valence-corrected chi connectivity index (χ0v) is 12.8. The molecule has 1 aromatic carbocycles. The van der Waals surface area contributed by atoms with Crippen molar-refractivity contribution in [1.29, 1.82) is 5.26 Å². The van der Waals surface area contributed by atoms with E-state index in [1.165, 1.54) is 18.3 Å². The van der Waals surface area contributed by atoms with Gasteiger partial charge >= 0.3 is 0 Å². The predicted octanol–water partition coefficient (Wildman–Crippen LogP) is 2.81. The van der Waals surface area contributed by atoms with Crippen molar-refractivity contribution in [3.63, 3.8) is 0 Å². The fourth-order valence-corrected chi connectivity index (χ4v) is 1.70. The minimum absolute atomic E-state index is 0.0581. The van der Waals surface area contributed by atoms with E-state index in [4.69, 9.17) is 28.5 Å². The van der Waals surface area contributed by atoms with Crippen molar-refractivity contribution in [2.75, 3.05) is 17.7 Å². The Kier molecular flexibility index (Phi) is 7.16. The van der Waals surface area contributed by atoms with E-state index in [0.29, 0.717) is 18.8 Å². The highest BCUT2D eigenvalue weighted by Gasteiger charge is 2.14. The lowest BCUT2D eigenvalue weighted by atomic mass is 10.2. The summed E-state index contributed by atoms with van der Waals surface area (Å²) in [6.45, 7) is 0.513. The maximum absolute atomic E-state index is 11.9. The Hall–Kier alpha value is -2.30. The summed E-state index contributed by atoms with van der Waals surface area (Å²) < 4.78 is 0. The van der Waals surface area contributed by atoms with Crippen LogP contribution in [-0.2, 0) is 4.79 Å². The Morgan fingerprint density at radius 1 is 1.50 bits per heavy atom. The van der Waals surface area contributed by atoms with Crippen LogP contribution in [0.25, 0.3) is 0 Å². The quantitative estimate of drug-likeness (QED) is 0.198. The maximum atomic E-state index is 11.9. The molecule has 0 spiro atoms. The fourth-order valence-electron chi connectivity index (χ4n) is 1.40. The topological polar surface area (TPSA) is 108 Å². The van der Waals surface area contributed by atoms with Gasteiger partial charge in [-0.25, -0.2) is 0 Å². The molecule has 0 aliphatic rings. The number of rotatable bonds is 7. The van der Waals surface area contributed by atoms with Crippen molar-refractivity contribution in [3.8, 4) is 6.07 Å². The molecule has 1 aromatic rings.